The molecule has 33 heavy (non-hydrogen) atoms. The summed E-state index contributed by atoms with van der Waals surface area (Å²) in [6, 6.07) is 11.9. The number of halogens is 1. The predicted octanol–water partition coefficient (Wildman–Crippen LogP) is 4.39. The molecule has 0 bridgehead atoms. The summed E-state index contributed by atoms with van der Waals surface area (Å²) < 4.78 is 15.5. The molecule has 2 N–H and O–H groups in total. The Kier molecular flexibility index (Phi) is 8.37. The number of rotatable bonds is 10. The van der Waals surface area contributed by atoms with Crippen molar-refractivity contribution in [2.75, 3.05) is 16.4 Å². The molecular formula is C24H26FN5O2S. The molecule has 0 saturated heterocycles. The van der Waals surface area contributed by atoms with Crippen molar-refractivity contribution >= 4 is 35.0 Å². The van der Waals surface area contributed by atoms with Crippen LogP contribution in [0.3, 0.4) is 0 Å². The first kappa shape index (κ1) is 24.2. The number of thioether (sulfide) groups is 1. The summed E-state index contributed by atoms with van der Waals surface area (Å²) in [7, 11) is 0. The number of amides is 2. The van der Waals surface area contributed by atoms with Gasteiger partial charge in [0.1, 0.15) is 11.6 Å². The molecular weight excluding hydrogens is 441 g/mol. The number of nitrogens with zero attached hydrogens (tertiary/aromatic N) is 3. The highest BCUT2D eigenvalue weighted by Crippen LogP contribution is 2.23. The van der Waals surface area contributed by atoms with Crippen LogP contribution in [0.25, 0.3) is 0 Å². The first-order valence-electron chi connectivity index (χ1n) is 10.5. The molecule has 0 spiro atoms. The second kappa shape index (κ2) is 11.4. The average Bonchev–Trinajstić information content (AvgIpc) is 3.16. The van der Waals surface area contributed by atoms with Gasteiger partial charge >= 0.3 is 0 Å². The molecule has 172 valence electrons. The summed E-state index contributed by atoms with van der Waals surface area (Å²) >= 11 is 1.23. The van der Waals surface area contributed by atoms with E-state index in [0.29, 0.717) is 17.5 Å². The Balaban J connectivity index is 1.66. The lowest BCUT2D eigenvalue weighted by Gasteiger charge is -2.13. The van der Waals surface area contributed by atoms with Crippen molar-refractivity contribution < 1.29 is 14.0 Å². The maximum atomic E-state index is 13.8. The number of hydrogen-bond donors (Lipinski definition) is 2. The lowest BCUT2D eigenvalue weighted by Crippen LogP contribution is -2.19. The van der Waals surface area contributed by atoms with Crippen molar-refractivity contribution in [2.45, 2.75) is 38.4 Å². The standard InChI is InChI=1S/C24H26FN5O2S/c1-4-13-30-20(14-21(31)26-19-12-7-6-11-18(19)25)28-29-24(30)33-15-22(32)27-23-16(3)9-8-10-17(23)5-2/h4,6-12H,1,5,13-15H2,2-3H3,(H,26,31)(H,27,32). The highest BCUT2D eigenvalue weighted by atomic mass is 32.2. The van der Waals surface area contributed by atoms with Crippen LogP contribution >= 0.6 is 11.8 Å². The van der Waals surface area contributed by atoms with E-state index in [4.69, 9.17) is 0 Å². The molecule has 0 saturated carbocycles. The third-order valence-corrected chi connectivity index (χ3v) is 5.88. The van der Waals surface area contributed by atoms with E-state index in [1.807, 2.05) is 32.0 Å². The molecule has 0 aliphatic rings. The molecule has 1 aromatic heterocycles. The van der Waals surface area contributed by atoms with Crippen LogP contribution in [0.15, 0.2) is 60.3 Å². The van der Waals surface area contributed by atoms with Crippen molar-refractivity contribution in [3.05, 3.63) is 77.9 Å². The lowest BCUT2D eigenvalue weighted by molar-refractivity contribution is -0.116. The molecule has 0 unspecified atom stereocenters. The normalized spacial score (nSPS) is 10.6. The number of carbonyl (C=O) groups excluding carboxylic acids is 2. The minimum absolute atomic E-state index is 0.0923. The molecule has 2 amide bonds. The van der Waals surface area contributed by atoms with Crippen LogP contribution in [0.5, 0.6) is 0 Å². The van der Waals surface area contributed by atoms with E-state index < -0.39 is 11.7 Å². The van der Waals surface area contributed by atoms with Gasteiger partial charge in [-0.1, -0.05) is 55.1 Å². The van der Waals surface area contributed by atoms with Crippen LogP contribution in [-0.4, -0.2) is 32.3 Å². The molecule has 7 nitrogen and oxygen atoms in total. The maximum absolute atomic E-state index is 13.8. The Hall–Kier alpha value is -3.46. The van der Waals surface area contributed by atoms with Gasteiger partial charge in [0.15, 0.2) is 5.16 Å². The molecule has 3 aromatic rings. The summed E-state index contributed by atoms with van der Waals surface area (Å²) in [5.41, 5.74) is 3.02. The van der Waals surface area contributed by atoms with E-state index in [0.717, 1.165) is 23.2 Å². The fraction of sp³-hybridized carbons (Fsp3) is 0.250. The number of anilines is 2. The molecule has 9 heteroatoms. The van der Waals surface area contributed by atoms with Crippen LogP contribution in [-0.2, 0) is 29.0 Å². The number of benzene rings is 2. The zero-order chi connectivity index (χ0) is 23.8. The van der Waals surface area contributed by atoms with Crippen molar-refractivity contribution in [3.63, 3.8) is 0 Å². The minimum Gasteiger partial charge on any atom is -0.325 e. The zero-order valence-corrected chi connectivity index (χ0v) is 19.4. The number of para-hydroxylation sites is 2. The summed E-state index contributed by atoms with van der Waals surface area (Å²) in [4.78, 5) is 25.0. The molecule has 0 aliphatic heterocycles. The number of carbonyl (C=O) groups is 2. The fourth-order valence-electron chi connectivity index (χ4n) is 3.28. The van der Waals surface area contributed by atoms with Gasteiger partial charge in [-0.3, -0.25) is 9.59 Å². The number of allylic oxidation sites excluding steroid dienone is 1. The third kappa shape index (κ3) is 6.29. The van der Waals surface area contributed by atoms with Crippen molar-refractivity contribution in [2.24, 2.45) is 0 Å². The van der Waals surface area contributed by atoms with Gasteiger partial charge in [-0.05, 0) is 36.6 Å². The van der Waals surface area contributed by atoms with Crippen LogP contribution in [0, 0.1) is 12.7 Å². The number of aromatic nitrogens is 3. The van der Waals surface area contributed by atoms with Crippen LogP contribution in [0.1, 0.15) is 23.9 Å². The maximum Gasteiger partial charge on any atom is 0.234 e. The molecule has 0 radical (unpaired) electrons. The predicted molar refractivity (Wildman–Crippen MR) is 129 cm³/mol. The number of hydrogen-bond acceptors (Lipinski definition) is 5. The Morgan fingerprint density at radius 1 is 1.12 bits per heavy atom. The van der Waals surface area contributed by atoms with E-state index in [1.54, 1.807) is 22.8 Å². The zero-order valence-electron chi connectivity index (χ0n) is 18.6. The highest BCUT2D eigenvalue weighted by molar-refractivity contribution is 7.99. The van der Waals surface area contributed by atoms with E-state index in [1.165, 1.54) is 23.9 Å². The lowest BCUT2D eigenvalue weighted by atomic mass is 10.1. The van der Waals surface area contributed by atoms with Gasteiger partial charge in [-0.2, -0.15) is 0 Å². The first-order chi connectivity index (χ1) is 15.9. The summed E-state index contributed by atoms with van der Waals surface area (Å²) in [5, 5.41) is 14.3. The van der Waals surface area contributed by atoms with Gasteiger partial charge in [0.25, 0.3) is 0 Å². The molecule has 3 rings (SSSR count). The Labute approximate surface area is 196 Å². The summed E-state index contributed by atoms with van der Waals surface area (Å²) in [6.45, 7) is 8.12. The molecule has 0 fully saturated rings. The van der Waals surface area contributed by atoms with Gasteiger partial charge in [-0.15, -0.1) is 16.8 Å². The molecule has 0 aliphatic carbocycles. The van der Waals surface area contributed by atoms with Gasteiger partial charge in [0.2, 0.25) is 11.8 Å². The Morgan fingerprint density at radius 2 is 1.91 bits per heavy atom. The number of aryl methyl sites for hydroxylation is 2. The minimum atomic E-state index is -0.513. The number of nitrogens with one attached hydrogen (secondary N) is 2. The second-order valence-electron chi connectivity index (χ2n) is 7.30. The van der Waals surface area contributed by atoms with Gasteiger partial charge < -0.3 is 15.2 Å². The van der Waals surface area contributed by atoms with Crippen molar-refractivity contribution in [1.29, 1.82) is 0 Å². The van der Waals surface area contributed by atoms with Crippen LogP contribution in [0.2, 0.25) is 0 Å². The van der Waals surface area contributed by atoms with Crippen molar-refractivity contribution in [3.8, 4) is 0 Å². The van der Waals surface area contributed by atoms with Crippen LogP contribution < -0.4 is 10.6 Å². The van der Waals surface area contributed by atoms with E-state index in [2.05, 4.69) is 27.4 Å². The van der Waals surface area contributed by atoms with Crippen molar-refractivity contribution in [1.82, 2.24) is 14.8 Å². The first-order valence-corrected chi connectivity index (χ1v) is 11.5. The Bertz CT molecular complexity index is 1160. The molecule has 0 atom stereocenters. The molecule has 2 aromatic carbocycles. The monoisotopic (exact) mass is 467 g/mol. The van der Waals surface area contributed by atoms with E-state index in [-0.39, 0.29) is 23.8 Å². The highest BCUT2D eigenvalue weighted by Gasteiger charge is 2.17. The van der Waals surface area contributed by atoms with Gasteiger partial charge in [-0.25, -0.2) is 4.39 Å². The van der Waals surface area contributed by atoms with Gasteiger partial charge in [0.05, 0.1) is 17.9 Å². The van der Waals surface area contributed by atoms with E-state index >= 15 is 0 Å². The SMILES string of the molecule is C=CCn1c(CC(=O)Nc2ccccc2F)nnc1SCC(=O)Nc1c(C)cccc1CC. The Morgan fingerprint density at radius 3 is 2.64 bits per heavy atom. The average molecular weight is 468 g/mol. The fourth-order valence-corrected chi connectivity index (χ4v) is 4.04. The summed E-state index contributed by atoms with van der Waals surface area (Å²) in [6.07, 6.45) is 2.38. The topological polar surface area (TPSA) is 88.9 Å². The quantitative estimate of drug-likeness (QED) is 0.341. The van der Waals surface area contributed by atoms with Gasteiger partial charge in [0, 0.05) is 12.2 Å². The molecule has 1 heterocycles. The third-order valence-electron chi connectivity index (χ3n) is 4.91. The summed E-state index contributed by atoms with van der Waals surface area (Å²) in [5.74, 6) is -0.553. The van der Waals surface area contributed by atoms with Crippen LogP contribution in [0.4, 0.5) is 15.8 Å². The van der Waals surface area contributed by atoms with E-state index in [9.17, 15) is 14.0 Å². The largest absolute Gasteiger partial charge is 0.325 e. The smallest absolute Gasteiger partial charge is 0.234 e. The second-order valence-corrected chi connectivity index (χ2v) is 8.24.